The highest BCUT2D eigenvalue weighted by Crippen LogP contribution is 2.38. The molecule has 0 aromatic heterocycles. The van der Waals surface area contributed by atoms with Crippen molar-refractivity contribution in [1.29, 1.82) is 0 Å². The van der Waals surface area contributed by atoms with Gasteiger partial charge in [0, 0.05) is 11.6 Å². The van der Waals surface area contributed by atoms with Gasteiger partial charge in [0.25, 0.3) is 0 Å². The fraction of sp³-hybridized carbons (Fsp3) is 0.625. The zero-order chi connectivity index (χ0) is 26.2. The third-order valence-electron chi connectivity index (χ3n) is 5.06. The molecule has 0 N–H and O–H groups in total. The van der Waals surface area contributed by atoms with Crippen molar-refractivity contribution >= 4 is 37.2 Å². The third-order valence-corrected chi connectivity index (χ3v) is 15.4. The summed E-state index contributed by atoms with van der Waals surface area (Å²) in [6.45, 7) is 17.9. The van der Waals surface area contributed by atoms with Crippen molar-refractivity contribution in [1.82, 2.24) is 0 Å². The molecule has 0 heterocycles. The van der Waals surface area contributed by atoms with Crippen molar-refractivity contribution in [3.05, 3.63) is 23.8 Å². The molecule has 1 atom stereocenters. The van der Waals surface area contributed by atoms with Crippen molar-refractivity contribution in [3.8, 4) is 17.2 Å². The minimum absolute atomic E-state index is 0.248. The van der Waals surface area contributed by atoms with Gasteiger partial charge in [-0.3, -0.25) is 0 Å². The van der Waals surface area contributed by atoms with Crippen LogP contribution in [0.5, 0.6) is 17.2 Å². The molecule has 34 heavy (non-hydrogen) atoms. The van der Waals surface area contributed by atoms with Crippen molar-refractivity contribution in [2.45, 2.75) is 71.1 Å². The lowest BCUT2D eigenvalue weighted by Gasteiger charge is -2.43. The normalized spacial score (nSPS) is 13.6. The quantitative estimate of drug-likeness (QED) is 0.161. The lowest BCUT2D eigenvalue weighted by Crippen LogP contribution is -2.55. The monoisotopic (exact) mass is 528 g/mol. The van der Waals surface area contributed by atoms with Crippen LogP contribution >= 0.6 is 0 Å². The van der Waals surface area contributed by atoms with Gasteiger partial charge in [-0.1, -0.05) is 13.3 Å². The number of ether oxygens (including phenoxy) is 4. The first-order valence-corrected chi connectivity index (χ1v) is 20.9. The van der Waals surface area contributed by atoms with E-state index < -0.39 is 31.2 Å². The van der Waals surface area contributed by atoms with Gasteiger partial charge < -0.3 is 27.2 Å². The van der Waals surface area contributed by atoms with Gasteiger partial charge in [-0.25, -0.2) is 4.79 Å². The molecule has 1 aromatic rings. The minimum Gasteiger partial charge on any atom is -0.493 e. The smallest absolute Gasteiger partial charge is 0.330 e. The van der Waals surface area contributed by atoms with Gasteiger partial charge in [-0.05, 0) is 76.0 Å². The SMILES string of the molecule is CCC(CCOC(=O)C=Cc1cc(OC)c(OC)c(OC)c1)[Si](C)(O[Si](C)(C)C)O[Si](C)(C)C. The maximum atomic E-state index is 12.4. The zero-order valence-electron chi connectivity index (χ0n) is 22.9. The van der Waals surface area contributed by atoms with E-state index in [1.54, 1.807) is 39.5 Å². The molecule has 0 aliphatic rings. The van der Waals surface area contributed by atoms with Gasteiger partial charge in [0.05, 0.1) is 27.9 Å². The number of methoxy groups -OCH3 is 3. The molecule has 1 unspecified atom stereocenters. The van der Waals surface area contributed by atoms with Crippen LogP contribution in [0.2, 0.25) is 51.4 Å². The molecule has 0 aliphatic carbocycles. The number of benzene rings is 1. The van der Waals surface area contributed by atoms with Gasteiger partial charge in [0.1, 0.15) is 0 Å². The molecule has 0 saturated carbocycles. The van der Waals surface area contributed by atoms with E-state index in [9.17, 15) is 4.79 Å². The molecule has 0 bridgehead atoms. The summed E-state index contributed by atoms with van der Waals surface area (Å²) < 4.78 is 35.0. The van der Waals surface area contributed by atoms with E-state index in [1.165, 1.54) is 6.08 Å². The van der Waals surface area contributed by atoms with Crippen molar-refractivity contribution in [2.24, 2.45) is 0 Å². The Morgan fingerprint density at radius 2 is 1.38 bits per heavy atom. The number of rotatable bonds is 14. The first-order valence-electron chi connectivity index (χ1n) is 11.7. The van der Waals surface area contributed by atoms with Crippen LogP contribution in [-0.4, -0.2) is 59.1 Å². The summed E-state index contributed by atoms with van der Waals surface area (Å²) in [4.78, 5) is 12.4. The molecule has 7 nitrogen and oxygen atoms in total. The highest BCUT2D eigenvalue weighted by atomic mass is 28.5. The summed E-state index contributed by atoms with van der Waals surface area (Å²) in [5, 5.41) is 0. The minimum atomic E-state index is -2.45. The molecular formula is C24H44O7Si3. The topological polar surface area (TPSA) is 72.5 Å². The van der Waals surface area contributed by atoms with Crippen molar-refractivity contribution in [2.75, 3.05) is 27.9 Å². The van der Waals surface area contributed by atoms with Crippen molar-refractivity contribution < 1.29 is 32.0 Å². The van der Waals surface area contributed by atoms with Crippen LogP contribution in [0.15, 0.2) is 18.2 Å². The van der Waals surface area contributed by atoms with Gasteiger partial charge in [-0.2, -0.15) is 0 Å². The van der Waals surface area contributed by atoms with Gasteiger partial charge in [-0.15, -0.1) is 0 Å². The van der Waals surface area contributed by atoms with Crippen LogP contribution < -0.4 is 14.2 Å². The molecule has 1 aromatic carbocycles. The Balaban J connectivity index is 2.86. The first-order chi connectivity index (χ1) is 15.7. The number of carbonyl (C=O) groups is 1. The molecule has 0 radical (unpaired) electrons. The van der Waals surface area contributed by atoms with Crippen molar-refractivity contribution in [3.63, 3.8) is 0 Å². The third kappa shape index (κ3) is 9.95. The Hall–Kier alpha value is -1.60. The molecule has 0 amide bonds. The Labute approximate surface area is 209 Å². The Morgan fingerprint density at radius 1 is 0.882 bits per heavy atom. The van der Waals surface area contributed by atoms with E-state index in [0.717, 1.165) is 18.4 Å². The predicted octanol–water partition coefficient (Wildman–Crippen LogP) is 6.21. The summed E-state index contributed by atoms with van der Waals surface area (Å²) in [5.41, 5.74) is 0.989. The van der Waals surface area contributed by atoms with E-state index in [0.29, 0.717) is 23.9 Å². The second-order valence-corrected chi connectivity index (χ2v) is 23.2. The maximum absolute atomic E-state index is 12.4. The van der Waals surface area contributed by atoms with Crippen LogP contribution in [0.1, 0.15) is 25.3 Å². The standard InChI is InChI=1S/C24H44O7Si3/c1-12-20(34(11,30-32(5,6)7)31-33(8,9)10)15-16-29-23(25)14-13-19-17-21(26-2)24(28-4)22(18-19)27-3/h13-14,17-18,20H,12,15-16H2,1-11H3. The highest BCUT2D eigenvalue weighted by Gasteiger charge is 2.45. The number of hydrogen-bond acceptors (Lipinski definition) is 7. The fourth-order valence-corrected chi connectivity index (χ4v) is 16.9. The van der Waals surface area contributed by atoms with Crippen LogP contribution in [0.25, 0.3) is 6.08 Å². The summed E-state index contributed by atoms with van der Waals surface area (Å²) >= 11 is 0. The van der Waals surface area contributed by atoms with E-state index in [1.807, 2.05) is 0 Å². The molecule has 0 aliphatic heterocycles. The summed E-state index contributed by atoms with van der Waals surface area (Å²) in [6, 6.07) is 3.55. The van der Waals surface area contributed by atoms with E-state index in [2.05, 4.69) is 52.8 Å². The van der Waals surface area contributed by atoms with Crippen LogP contribution in [0.4, 0.5) is 0 Å². The Bertz CT molecular complexity index is 788. The largest absolute Gasteiger partial charge is 0.493 e. The number of carbonyl (C=O) groups excluding carboxylic acids is 1. The second kappa shape index (κ2) is 12.9. The van der Waals surface area contributed by atoms with Gasteiger partial charge in [0.15, 0.2) is 28.1 Å². The fourth-order valence-electron chi connectivity index (χ4n) is 3.95. The molecule has 0 saturated heterocycles. The molecule has 194 valence electrons. The Morgan fingerprint density at radius 3 is 1.76 bits per heavy atom. The number of esters is 1. The average molecular weight is 529 g/mol. The maximum Gasteiger partial charge on any atom is 0.330 e. The highest BCUT2D eigenvalue weighted by molar-refractivity contribution is 6.88. The van der Waals surface area contributed by atoms with E-state index in [-0.39, 0.29) is 5.54 Å². The average Bonchev–Trinajstić information content (AvgIpc) is 2.71. The summed E-state index contributed by atoms with van der Waals surface area (Å²) in [6.07, 6.45) is 4.73. The first kappa shape index (κ1) is 30.4. The predicted molar refractivity (Wildman–Crippen MR) is 145 cm³/mol. The molecule has 0 spiro atoms. The molecule has 10 heteroatoms. The summed E-state index contributed by atoms with van der Waals surface area (Å²) in [5.74, 6) is 1.15. The molecule has 0 fully saturated rings. The molecular weight excluding hydrogens is 485 g/mol. The second-order valence-electron chi connectivity index (χ2n) is 10.3. The van der Waals surface area contributed by atoms with Gasteiger partial charge in [0.2, 0.25) is 5.75 Å². The lowest BCUT2D eigenvalue weighted by molar-refractivity contribution is -0.137. The Kier molecular flexibility index (Phi) is 11.6. The number of hydrogen-bond donors (Lipinski definition) is 0. The van der Waals surface area contributed by atoms with E-state index in [4.69, 9.17) is 27.2 Å². The molecule has 1 rings (SSSR count). The lowest BCUT2D eigenvalue weighted by atomic mass is 10.1. The van der Waals surface area contributed by atoms with Crippen LogP contribution in [0.3, 0.4) is 0 Å². The van der Waals surface area contributed by atoms with Gasteiger partial charge >= 0.3 is 14.5 Å². The zero-order valence-corrected chi connectivity index (χ0v) is 25.9. The summed E-state index contributed by atoms with van der Waals surface area (Å²) in [7, 11) is -1.38. The van der Waals surface area contributed by atoms with Crippen LogP contribution in [-0.2, 0) is 17.8 Å². The van der Waals surface area contributed by atoms with Crippen LogP contribution in [0, 0.1) is 0 Å². The van der Waals surface area contributed by atoms with E-state index >= 15 is 0 Å².